The van der Waals surface area contributed by atoms with E-state index in [0.29, 0.717) is 5.75 Å². The smallest absolute Gasteiger partial charge is 0.258 e. The highest BCUT2D eigenvalue weighted by Gasteiger charge is 2.14. The second-order valence-corrected chi connectivity index (χ2v) is 7.06. The number of nitrogens with one attached hydrogen (secondary N) is 1. The highest BCUT2D eigenvalue weighted by Crippen LogP contribution is 2.24. The zero-order valence-electron chi connectivity index (χ0n) is 15.8. The normalized spacial score (nSPS) is 14.2. The number of tetrazole rings is 1. The van der Waals surface area contributed by atoms with Crippen LogP contribution in [0.1, 0.15) is 42.5 Å². The van der Waals surface area contributed by atoms with Gasteiger partial charge in [0, 0.05) is 6.07 Å². The van der Waals surface area contributed by atoms with Crippen LogP contribution in [0.2, 0.25) is 0 Å². The standard InChI is InChI=1S/C21H23N5O2/c1-15(17-10-9-16-5-2-3-6-18(16)11-17)23-21(27)13-28-20-8-4-7-19(12-20)26-14-22-24-25-26/h4,7-12,14-15H,2-3,5-6,13H2,1H3,(H,23,27). The van der Waals surface area contributed by atoms with Gasteiger partial charge in [-0.25, -0.2) is 4.68 Å². The fourth-order valence-electron chi connectivity index (χ4n) is 3.53. The zero-order chi connectivity index (χ0) is 19.3. The fraction of sp³-hybridized carbons (Fsp3) is 0.333. The number of aromatic nitrogens is 4. The van der Waals surface area contributed by atoms with E-state index in [1.54, 1.807) is 12.1 Å². The van der Waals surface area contributed by atoms with E-state index < -0.39 is 0 Å². The summed E-state index contributed by atoms with van der Waals surface area (Å²) >= 11 is 0. The van der Waals surface area contributed by atoms with E-state index >= 15 is 0 Å². The number of nitrogens with zero attached hydrogens (tertiary/aromatic N) is 4. The molecule has 1 unspecified atom stereocenters. The molecule has 0 saturated heterocycles. The molecule has 1 aromatic heterocycles. The number of fused-ring (bicyclic) bond motifs is 1. The predicted molar refractivity (Wildman–Crippen MR) is 104 cm³/mol. The van der Waals surface area contributed by atoms with Gasteiger partial charge in [0.2, 0.25) is 0 Å². The summed E-state index contributed by atoms with van der Waals surface area (Å²) in [5, 5.41) is 14.1. The number of hydrogen-bond donors (Lipinski definition) is 1. The number of aryl methyl sites for hydroxylation is 2. The van der Waals surface area contributed by atoms with Crippen molar-refractivity contribution in [3.05, 3.63) is 65.5 Å². The molecule has 0 aliphatic heterocycles. The van der Waals surface area contributed by atoms with Gasteiger partial charge in [-0.3, -0.25) is 4.79 Å². The molecule has 0 radical (unpaired) electrons. The summed E-state index contributed by atoms with van der Waals surface area (Å²) in [6.45, 7) is 1.95. The van der Waals surface area contributed by atoms with Crippen LogP contribution >= 0.6 is 0 Å². The molecule has 1 atom stereocenters. The molecule has 1 aliphatic carbocycles. The van der Waals surface area contributed by atoms with Gasteiger partial charge in [0.25, 0.3) is 5.91 Å². The Morgan fingerprint density at radius 3 is 2.86 bits per heavy atom. The maximum atomic E-state index is 12.3. The lowest BCUT2D eigenvalue weighted by atomic mass is 9.89. The van der Waals surface area contributed by atoms with E-state index in [0.717, 1.165) is 24.1 Å². The van der Waals surface area contributed by atoms with Gasteiger partial charge in [-0.2, -0.15) is 0 Å². The summed E-state index contributed by atoms with van der Waals surface area (Å²) < 4.78 is 7.17. The van der Waals surface area contributed by atoms with Crippen molar-refractivity contribution in [1.29, 1.82) is 0 Å². The molecule has 0 fully saturated rings. The Bertz CT molecular complexity index is 955. The van der Waals surface area contributed by atoms with Gasteiger partial charge >= 0.3 is 0 Å². The molecule has 1 heterocycles. The first-order valence-corrected chi connectivity index (χ1v) is 9.56. The molecule has 144 valence electrons. The summed E-state index contributed by atoms with van der Waals surface area (Å²) in [6.07, 6.45) is 6.31. The second kappa shape index (κ2) is 8.21. The molecule has 28 heavy (non-hydrogen) atoms. The maximum Gasteiger partial charge on any atom is 0.258 e. The van der Waals surface area contributed by atoms with Crippen LogP contribution in [0.3, 0.4) is 0 Å². The van der Waals surface area contributed by atoms with Crippen LogP contribution in [0.5, 0.6) is 5.75 Å². The fourth-order valence-corrected chi connectivity index (χ4v) is 3.53. The van der Waals surface area contributed by atoms with Crippen LogP contribution in [-0.4, -0.2) is 32.7 Å². The lowest BCUT2D eigenvalue weighted by Gasteiger charge is -2.20. The van der Waals surface area contributed by atoms with Crippen molar-refractivity contribution in [1.82, 2.24) is 25.5 Å². The summed E-state index contributed by atoms with van der Waals surface area (Å²) in [7, 11) is 0. The third-order valence-electron chi connectivity index (χ3n) is 5.05. The highest BCUT2D eigenvalue weighted by atomic mass is 16.5. The van der Waals surface area contributed by atoms with E-state index in [1.807, 2.05) is 19.1 Å². The molecule has 0 bridgehead atoms. The molecule has 0 saturated carbocycles. The quantitative estimate of drug-likeness (QED) is 0.714. The summed E-state index contributed by atoms with van der Waals surface area (Å²) in [4.78, 5) is 12.3. The maximum absolute atomic E-state index is 12.3. The SMILES string of the molecule is CC(NC(=O)COc1cccc(-n2cnnn2)c1)c1ccc2c(c1)CCCC2. The van der Waals surface area contributed by atoms with Crippen molar-refractivity contribution >= 4 is 5.91 Å². The molecule has 1 amide bonds. The molecule has 0 spiro atoms. The second-order valence-electron chi connectivity index (χ2n) is 7.06. The molecule has 2 aromatic carbocycles. The Balaban J connectivity index is 1.34. The summed E-state index contributed by atoms with van der Waals surface area (Å²) in [5.74, 6) is 0.433. The Kier molecular flexibility index (Phi) is 5.32. The van der Waals surface area contributed by atoms with Crippen LogP contribution in [-0.2, 0) is 17.6 Å². The van der Waals surface area contributed by atoms with Gasteiger partial charge in [0.15, 0.2) is 6.61 Å². The van der Waals surface area contributed by atoms with Crippen LogP contribution < -0.4 is 10.1 Å². The van der Waals surface area contributed by atoms with E-state index in [1.165, 1.54) is 35.0 Å². The number of ether oxygens (including phenoxy) is 1. The van der Waals surface area contributed by atoms with Gasteiger partial charge in [-0.05, 0) is 71.9 Å². The van der Waals surface area contributed by atoms with Crippen LogP contribution in [0.15, 0.2) is 48.8 Å². The minimum absolute atomic E-state index is 0.0473. The molecule has 1 N–H and O–H groups in total. The Hall–Kier alpha value is -3.22. The molecule has 7 nitrogen and oxygen atoms in total. The van der Waals surface area contributed by atoms with Crippen LogP contribution in [0.25, 0.3) is 5.69 Å². The first-order chi connectivity index (χ1) is 13.7. The summed E-state index contributed by atoms with van der Waals surface area (Å²) in [6, 6.07) is 13.8. The first-order valence-electron chi connectivity index (χ1n) is 9.56. The van der Waals surface area contributed by atoms with Crippen molar-refractivity contribution in [3.8, 4) is 11.4 Å². The van der Waals surface area contributed by atoms with Gasteiger partial charge in [0.1, 0.15) is 12.1 Å². The molecule has 7 heteroatoms. The minimum atomic E-state index is -0.155. The third-order valence-corrected chi connectivity index (χ3v) is 5.05. The van der Waals surface area contributed by atoms with Gasteiger partial charge < -0.3 is 10.1 Å². The Morgan fingerprint density at radius 1 is 1.18 bits per heavy atom. The number of amides is 1. The van der Waals surface area contributed by atoms with Crippen LogP contribution in [0, 0.1) is 0 Å². The number of rotatable bonds is 6. The average Bonchev–Trinajstić information content (AvgIpc) is 3.27. The Morgan fingerprint density at radius 2 is 2.04 bits per heavy atom. The minimum Gasteiger partial charge on any atom is -0.484 e. The van der Waals surface area contributed by atoms with Crippen molar-refractivity contribution in [2.24, 2.45) is 0 Å². The van der Waals surface area contributed by atoms with Gasteiger partial charge in [-0.1, -0.05) is 24.3 Å². The lowest BCUT2D eigenvalue weighted by molar-refractivity contribution is -0.123. The number of carbonyl (C=O) groups is 1. The highest BCUT2D eigenvalue weighted by molar-refractivity contribution is 5.78. The molecular weight excluding hydrogens is 354 g/mol. The molecule has 3 aromatic rings. The van der Waals surface area contributed by atoms with Gasteiger partial charge in [-0.15, -0.1) is 5.10 Å². The number of carbonyl (C=O) groups excluding carboxylic acids is 1. The Labute approximate surface area is 163 Å². The monoisotopic (exact) mass is 377 g/mol. The first kappa shape index (κ1) is 18.2. The molecular formula is C21H23N5O2. The van der Waals surface area contributed by atoms with Crippen molar-refractivity contribution < 1.29 is 9.53 Å². The van der Waals surface area contributed by atoms with Crippen molar-refractivity contribution in [3.63, 3.8) is 0 Å². The third kappa shape index (κ3) is 4.19. The van der Waals surface area contributed by atoms with Crippen LogP contribution in [0.4, 0.5) is 0 Å². The average molecular weight is 377 g/mol. The molecule has 4 rings (SSSR count). The summed E-state index contributed by atoms with van der Waals surface area (Å²) in [5.41, 5.74) is 4.76. The number of benzene rings is 2. The van der Waals surface area contributed by atoms with Crippen molar-refractivity contribution in [2.75, 3.05) is 6.61 Å². The lowest BCUT2D eigenvalue weighted by Crippen LogP contribution is -2.31. The van der Waals surface area contributed by atoms with Gasteiger partial charge in [0.05, 0.1) is 11.7 Å². The largest absolute Gasteiger partial charge is 0.484 e. The van der Waals surface area contributed by atoms with E-state index in [4.69, 9.17) is 4.74 Å². The zero-order valence-corrected chi connectivity index (χ0v) is 15.8. The van der Waals surface area contributed by atoms with E-state index in [2.05, 4.69) is 39.0 Å². The van der Waals surface area contributed by atoms with E-state index in [9.17, 15) is 4.79 Å². The predicted octanol–water partition coefficient (Wildman–Crippen LogP) is 2.80. The van der Waals surface area contributed by atoms with E-state index in [-0.39, 0.29) is 18.6 Å². The topological polar surface area (TPSA) is 81.9 Å². The molecule has 1 aliphatic rings. The number of hydrogen-bond acceptors (Lipinski definition) is 5. The van der Waals surface area contributed by atoms with Crippen molar-refractivity contribution in [2.45, 2.75) is 38.6 Å².